The number of hydrogen-bond donors (Lipinski definition) is 1. The van der Waals surface area contributed by atoms with Gasteiger partial charge in [0.05, 0.1) is 5.56 Å². The maximum Gasteiger partial charge on any atom is 0.416 e. The van der Waals surface area contributed by atoms with Gasteiger partial charge >= 0.3 is 6.18 Å². The molecule has 1 N–H and O–H groups in total. The lowest BCUT2D eigenvalue weighted by atomic mass is 10.1. The van der Waals surface area contributed by atoms with Crippen molar-refractivity contribution in [3.8, 4) is 11.4 Å². The van der Waals surface area contributed by atoms with Crippen molar-refractivity contribution in [1.82, 2.24) is 15.2 Å². The molecule has 0 aliphatic heterocycles. The van der Waals surface area contributed by atoms with E-state index in [1.165, 1.54) is 23.9 Å². The smallest absolute Gasteiger partial charge is 0.258 e. The monoisotopic (exact) mass is 349 g/mol. The van der Waals surface area contributed by atoms with Crippen LogP contribution in [-0.4, -0.2) is 15.2 Å². The molecular formula is C17H14F3N3S. The third-order valence-electron chi connectivity index (χ3n) is 3.44. The number of benzene rings is 2. The van der Waals surface area contributed by atoms with Gasteiger partial charge in [-0.15, -0.1) is 5.10 Å². The van der Waals surface area contributed by atoms with Crippen LogP contribution in [0.2, 0.25) is 0 Å². The second-order valence-corrected chi connectivity index (χ2v) is 6.26. The second-order valence-electron chi connectivity index (χ2n) is 5.32. The Morgan fingerprint density at radius 1 is 1.00 bits per heavy atom. The van der Waals surface area contributed by atoms with Crippen molar-refractivity contribution in [1.29, 1.82) is 0 Å². The van der Waals surface area contributed by atoms with E-state index in [2.05, 4.69) is 15.2 Å². The van der Waals surface area contributed by atoms with Gasteiger partial charge in [0.1, 0.15) is 0 Å². The highest BCUT2D eigenvalue weighted by atomic mass is 32.2. The zero-order valence-corrected chi connectivity index (χ0v) is 13.6. The highest BCUT2D eigenvalue weighted by Crippen LogP contribution is 2.30. The molecule has 3 nitrogen and oxygen atoms in total. The lowest BCUT2D eigenvalue weighted by Crippen LogP contribution is -2.04. The van der Waals surface area contributed by atoms with Gasteiger partial charge in [0.25, 0.3) is 0 Å². The van der Waals surface area contributed by atoms with E-state index in [4.69, 9.17) is 0 Å². The summed E-state index contributed by atoms with van der Waals surface area (Å²) in [6, 6.07) is 13.0. The summed E-state index contributed by atoms with van der Waals surface area (Å²) >= 11 is 1.37. The molecule has 0 spiro atoms. The van der Waals surface area contributed by atoms with Gasteiger partial charge in [-0.05, 0) is 24.6 Å². The Morgan fingerprint density at radius 3 is 2.29 bits per heavy atom. The first-order valence-electron chi connectivity index (χ1n) is 7.20. The highest BCUT2D eigenvalue weighted by molar-refractivity contribution is 7.98. The minimum atomic E-state index is -4.31. The first kappa shape index (κ1) is 16.6. The van der Waals surface area contributed by atoms with Crippen molar-refractivity contribution < 1.29 is 13.2 Å². The summed E-state index contributed by atoms with van der Waals surface area (Å²) < 4.78 is 37.6. The normalized spacial score (nSPS) is 11.7. The van der Waals surface area contributed by atoms with Crippen LogP contribution in [0, 0.1) is 6.92 Å². The Balaban J connectivity index is 1.64. The van der Waals surface area contributed by atoms with Gasteiger partial charge in [0, 0.05) is 11.3 Å². The maximum absolute atomic E-state index is 12.5. The summed E-state index contributed by atoms with van der Waals surface area (Å²) in [6.07, 6.45) is -4.31. The topological polar surface area (TPSA) is 41.6 Å². The number of H-pyrrole nitrogens is 1. The van der Waals surface area contributed by atoms with Gasteiger partial charge in [-0.2, -0.15) is 13.2 Å². The zero-order valence-electron chi connectivity index (χ0n) is 12.8. The van der Waals surface area contributed by atoms with E-state index in [-0.39, 0.29) is 0 Å². The van der Waals surface area contributed by atoms with Crippen LogP contribution in [0.3, 0.4) is 0 Å². The summed E-state index contributed by atoms with van der Waals surface area (Å²) in [7, 11) is 0. The summed E-state index contributed by atoms with van der Waals surface area (Å²) in [5, 5.41) is 7.57. The largest absolute Gasteiger partial charge is 0.416 e. The molecule has 2 aromatic carbocycles. The van der Waals surface area contributed by atoms with E-state index in [1.807, 2.05) is 31.2 Å². The molecule has 7 heteroatoms. The third kappa shape index (κ3) is 3.97. The number of hydrogen-bond acceptors (Lipinski definition) is 3. The number of halogens is 3. The number of nitrogens with zero attached hydrogens (tertiary/aromatic N) is 2. The molecule has 0 bridgehead atoms. The van der Waals surface area contributed by atoms with Crippen LogP contribution in [0.4, 0.5) is 13.2 Å². The predicted octanol–water partition coefficient (Wildman–Crippen LogP) is 5.09. The summed E-state index contributed by atoms with van der Waals surface area (Å²) in [4.78, 5) is 4.40. The molecule has 3 rings (SSSR count). The van der Waals surface area contributed by atoms with Crippen LogP contribution in [0.1, 0.15) is 16.7 Å². The van der Waals surface area contributed by atoms with E-state index >= 15 is 0 Å². The van der Waals surface area contributed by atoms with Crippen LogP contribution in [-0.2, 0) is 11.9 Å². The van der Waals surface area contributed by atoms with Crippen molar-refractivity contribution >= 4 is 11.8 Å². The Bertz CT molecular complexity index is 808. The van der Waals surface area contributed by atoms with Crippen LogP contribution in [0.25, 0.3) is 11.4 Å². The van der Waals surface area contributed by atoms with Crippen LogP contribution in [0.5, 0.6) is 0 Å². The molecule has 0 atom stereocenters. The minimum absolute atomic E-state index is 0.503. The first-order valence-corrected chi connectivity index (χ1v) is 8.19. The van der Waals surface area contributed by atoms with Crippen LogP contribution in [0.15, 0.2) is 53.7 Å². The fourth-order valence-corrected chi connectivity index (χ4v) is 2.84. The molecule has 0 saturated heterocycles. The van der Waals surface area contributed by atoms with Gasteiger partial charge in [0.15, 0.2) is 5.82 Å². The summed E-state index contributed by atoms with van der Waals surface area (Å²) in [5.41, 5.74) is 2.25. The standard InChI is InChI=1S/C17H14F3N3S/c1-11-2-6-13(7-3-11)15-21-16(23-22-15)24-10-12-4-8-14(9-5-12)17(18,19)20/h2-9H,10H2,1H3,(H,21,22,23). The van der Waals surface area contributed by atoms with E-state index in [0.717, 1.165) is 28.8 Å². The Hall–Kier alpha value is -2.28. The molecule has 124 valence electrons. The molecule has 1 aromatic heterocycles. The molecule has 0 aliphatic rings. The fourth-order valence-electron chi connectivity index (χ4n) is 2.09. The highest BCUT2D eigenvalue weighted by Gasteiger charge is 2.29. The molecule has 0 radical (unpaired) electrons. The second kappa shape index (κ2) is 6.68. The summed E-state index contributed by atoms with van der Waals surface area (Å²) in [6.45, 7) is 2.01. The van der Waals surface area contributed by atoms with Crippen molar-refractivity contribution in [3.63, 3.8) is 0 Å². The fraction of sp³-hybridized carbons (Fsp3) is 0.176. The number of aromatic amines is 1. The molecule has 0 saturated carbocycles. The Labute approximate surface area is 141 Å². The summed E-state index contributed by atoms with van der Waals surface area (Å²) in [5.74, 6) is 1.17. The average Bonchev–Trinajstić information content (AvgIpc) is 3.02. The van der Waals surface area contributed by atoms with Crippen molar-refractivity contribution in [2.45, 2.75) is 24.0 Å². The minimum Gasteiger partial charge on any atom is -0.258 e. The van der Waals surface area contributed by atoms with E-state index < -0.39 is 11.7 Å². The van der Waals surface area contributed by atoms with E-state index in [0.29, 0.717) is 16.7 Å². The van der Waals surface area contributed by atoms with Gasteiger partial charge in [-0.25, -0.2) is 4.98 Å². The quantitative estimate of drug-likeness (QED) is 0.667. The first-order chi connectivity index (χ1) is 11.4. The number of thioether (sulfide) groups is 1. The molecule has 24 heavy (non-hydrogen) atoms. The van der Waals surface area contributed by atoms with E-state index in [1.54, 1.807) is 0 Å². The molecule has 0 aliphatic carbocycles. The molecule has 1 heterocycles. The van der Waals surface area contributed by atoms with Crippen LogP contribution < -0.4 is 0 Å². The Morgan fingerprint density at radius 2 is 1.67 bits per heavy atom. The van der Waals surface area contributed by atoms with Crippen molar-refractivity contribution in [3.05, 3.63) is 65.2 Å². The van der Waals surface area contributed by atoms with Crippen molar-refractivity contribution in [2.75, 3.05) is 0 Å². The van der Waals surface area contributed by atoms with Gasteiger partial charge in [0.2, 0.25) is 5.16 Å². The van der Waals surface area contributed by atoms with E-state index in [9.17, 15) is 13.2 Å². The third-order valence-corrected chi connectivity index (χ3v) is 4.36. The molecule has 0 fully saturated rings. The molecular weight excluding hydrogens is 335 g/mol. The van der Waals surface area contributed by atoms with Gasteiger partial charge in [-0.1, -0.05) is 53.7 Å². The molecule has 3 aromatic rings. The predicted molar refractivity (Wildman–Crippen MR) is 87.6 cm³/mol. The number of aromatic nitrogens is 3. The van der Waals surface area contributed by atoms with Gasteiger partial charge < -0.3 is 0 Å². The van der Waals surface area contributed by atoms with Gasteiger partial charge in [-0.3, -0.25) is 5.10 Å². The lowest BCUT2D eigenvalue weighted by molar-refractivity contribution is -0.137. The van der Waals surface area contributed by atoms with Crippen LogP contribution >= 0.6 is 11.8 Å². The molecule has 0 unspecified atom stereocenters. The number of aryl methyl sites for hydroxylation is 1. The van der Waals surface area contributed by atoms with Crippen molar-refractivity contribution in [2.24, 2.45) is 0 Å². The SMILES string of the molecule is Cc1ccc(-c2nc(SCc3ccc(C(F)(F)F)cc3)n[nH]2)cc1. The zero-order chi connectivity index (χ0) is 17.2. The maximum atomic E-state index is 12.5. The lowest BCUT2D eigenvalue weighted by Gasteiger charge is -2.06. The average molecular weight is 349 g/mol. The Kier molecular flexibility index (Phi) is 4.62. The number of alkyl halides is 3. The molecule has 0 amide bonds. The number of rotatable bonds is 4. The number of nitrogens with one attached hydrogen (secondary N) is 1.